The molecule has 8 rings (SSSR count). The molecular formula is C66H80ClF12N4O12P. The van der Waals surface area contributed by atoms with E-state index in [-0.39, 0.29) is 119 Å². The number of piperidine rings is 2. The SMILES string of the molecule is C[C@@H](OC[C@@]1(c2ccccc2)CC[C@]2(CCC(=O)N2)CN1C(=O)OCCCCl)c1cc(C(F)(F)F)cc(C(F)(F)F)c1.C[C@@H](OC[C@@]1(c2ccccc2)CC[C@]2(CCC(=O)N2)CN1C(=O)OCCCOP(=O)(OC(C)(C)C)OC(C)(C)C)c1cc(C(F)(F)F)cc(C(F)(F)F)c1. The molecule has 4 fully saturated rings. The Morgan fingerprint density at radius 2 is 0.865 bits per heavy atom. The predicted molar refractivity (Wildman–Crippen MR) is 328 cm³/mol. The molecule has 30 heteroatoms. The Kier molecular flexibility index (Phi) is 24.2. The zero-order chi connectivity index (χ0) is 71.1. The number of hydrogen-bond acceptors (Lipinski definition) is 12. The van der Waals surface area contributed by atoms with E-state index < -0.39 is 113 Å². The Balaban J connectivity index is 0.000000279. The van der Waals surface area contributed by atoms with Gasteiger partial charge in [-0.25, -0.2) is 14.2 Å². The number of phosphoric acid groups is 1. The zero-order valence-corrected chi connectivity index (χ0v) is 55.9. The predicted octanol–water partition coefficient (Wildman–Crippen LogP) is 16.9. The first kappa shape index (κ1) is 77.2. The number of alkyl halides is 13. The van der Waals surface area contributed by atoms with Crippen molar-refractivity contribution in [3.8, 4) is 0 Å². The average molecular weight is 1420 g/mol. The van der Waals surface area contributed by atoms with E-state index in [1.807, 2.05) is 0 Å². The molecule has 0 saturated carbocycles. The van der Waals surface area contributed by atoms with Gasteiger partial charge in [-0.15, -0.1) is 11.6 Å². The summed E-state index contributed by atoms with van der Waals surface area (Å²) < 4.78 is 217. The Hall–Kier alpha value is -6.16. The number of carbonyl (C=O) groups excluding carboxylic acids is 4. The summed E-state index contributed by atoms with van der Waals surface area (Å²) in [6.07, 6.45) is -20.8. The van der Waals surface area contributed by atoms with E-state index in [0.29, 0.717) is 67.5 Å². The first-order valence-corrected chi connectivity index (χ1v) is 33.1. The molecule has 532 valence electrons. The van der Waals surface area contributed by atoms with Crippen LogP contribution in [0.5, 0.6) is 0 Å². The van der Waals surface area contributed by atoms with Crippen LogP contribution in [0.25, 0.3) is 0 Å². The van der Waals surface area contributed by atoms with E-state index in [1.54, 1.807) is 102 Å². The summed E-state index contributed by atoms with van der Waals surface area (Å²) in [4.78, 5) is 55.1. The van der Waals surface area contributed by atoms with Gasteiger partial charge >= 0.3 is 44.7 Å². The summed E-state index contributed by atoms with van der Waals surface area (Å²) in [5.41, 5.74) is -11.0. The number of benzene rings is 4. The summed E-state index contributed by atoms with van der Waals surface area (Å²) in [5.74, 6) is -0.0799. The molecule has 16 nitrogen and oxygen atoms in total. The summed E-state index contributed by atoms with van der Waals surface area (Å²) in [6, 6.07) is 20.1. The van der Waals surface area contributed by atoms with Crippen LogP contribution < -0.4 is 10.6 Å². The molecule has 2 spiro atoms. The normalized spacial score (nSPS) is 22.7. The number of hydrogen-bond donors (Lipinski definition) is 2. The standard InChI is InChI=1S/C37H49F6N2O8P.C29H31ClF6N2O4/c1-25(26-20-28(36(38,39)40)22-29(21-26)37(41,42)43)50-24-35(27-12-9-8-10-13-27)17-16-34(15-14-30(46)44-34)23-45(35)31(47)49-18-11-19-51-54(48,52-32(2,3)4)53-33(5,6)7;1-19(20-14-22(28(31,32)33)16-23(15-20)29(34,35)36)42-18-27(21-6-3-2-4-7-21)11-10-26(9-8-24(39)37-26)17-38(27)25(40)41-13-5-12-30/h8-10,12-13,20-22,25H,11,14-19,23-24H2,1-7H3,(H,44,46);2-4,6-7,14-16,19H,5,8-13,17-18H2,1H3,(H,37,39)/t25-,34-,35-;19-,26-,27-/m11/s1. The maximum atomic E-state index is 14.1. The van der Waals surface area contributed by atoms with Crippen LogP contribution in [0, 0.1) is 0 Å². The smallest absolute Gasteiger partial charge is 0.449 e. The van der Waals surface area contributed by atoms with Crippen molar-refractivity contribution >= 4 is 43.4 Å². The van der Waals surface area contributed by atoms with Gasteiger partial charge < -0.3 is 29.6 Å². The number of rotatable bonds is 20. The zero-order valence-electron chi connectivity index (χ0n) is 54.3. The highest BCUT2D eigenvalue weighted by Gasteiger charge is 2.56. The summed E-state index contributed by atoms with van der Waals surface area (Å²) >= 11 is 5.75. The van der Waals surface area contributed by atoms with Crippen molar-refractivity contribution in [2.75, 3.05) is 52.0 Å². The lowest BCUT2D eigenvalue weighted by atomic mass is 9.74. The minimum Gasteiger partial charge on any atom is -0.449 e. The Bertz CT molecular complexity index is 3310. The molecule has 6 atom stereocenters. The Labute approximate surface area is 554 Å². The van der Waals surface area contributed by atoms with E-state index in [0.717, 1.165) is 0 Å². The van der Waals surface area contributed by atoms with Gasteiger partial charge in [-0.1, -0.05) is 60.7 Å². The molecular weight excluding hydrogens is 1340 g/mol. The lowest BCUT2D eigenvalue weighted by molar-refractivity contribution is -0.145. The van der Waals surface area contributed by atoms with E-state index in [2.05, 4.69) is 10.6 Å². The van der Waals surface area contributed by atoms with Gasteiger partial charge in [0.2, 0.25) is 11.8 Å². The van der Waals surface area contributed by atoms with Crippen molar-refractivity contribution < 1.29 is 109 Å². The minimum absolute atomic E-state index is 0.0173. The van der Waals surface area contributed by atoms with Crippen LogP contribution >= 0.6 is 19.4 Å². The van der Waals surface area contributed by atoms with Crippen molar-refractivity contribution in [3.05, 3.63) is 142 Å². The maximum Gasteiger partial charge on any atom is 0.475 e. The first-order chi connectivity index (χ1) is 44.4. The van der Waals surface area contributed by atoms with Gasteiger partial charge in [-0.05, 0) is 159 Å². The number of ether oxygens (including phenoxy) is 4. The lowest BCUT2D eigenvalue weighted by Gasteiger charge is -2.52. The van der Waals surface area contributed by atoms with Crippen molar-refractivity contribution in [3.63, 3.8) is 0 Å². The summed E-state index contributed by atoms with van der Waals surface area (Å²) in [5, 5.41) is 5.96. The quantitative estimate of drug-likeness (QED) is 0.0370. The van der Waals surface area contributed by atoms with Crippen LogP contribution in [0.2, 0.25) is 0 Å². The third-order valence-corrected chi connectivity index (χ3v) is 19.2. The number of phosphoric ester groups is 1. The molecule has 0 unspecified atom stereocenters. The van der Waals surface area contributed by atoms with Crippen molar-refractivity contribution in [2.24, 2.45) is 0 Å². The molecule has 4 aromatic carbocycles. The van der Waals surface area contributed by atoms with Crippen LogP contribution in [0.4, 0.5) is 62.3 Å². The van der Waals surface area contributed by atoms with Crippen LogP contribution in [0.1, 0.15) is 176 Å². The number of nitrogens with one attached hydrogen (secondary N) is 2. The number of amides is 4. The first-order valence-electron chi connectivity index (χ1n) is 31.1. The highest BCUT2D eigenvalue weighted by Crippen LogP contribution is 2.56. The van der Waals surface area contributed by atoms with Crippen molar-refractivity contribution in [1.29, 1.82) is 0 Å². The van der Waals surface area contributed by atoms with Crippen LogP contribution in [0.3, 0.4) is 0 Å². The minimum atomic E-state index is -5.05. The summed E-state index contributed by atoms with van der Waals surface area (Å²) in [7, 11) is -4.04. The Morgan fingerprint density at radius 3 is 1.17 bits per heavy atom. The second-order valence-electron chi connectivity index (χ2n) is 26.5. The number of likely N-dealkylation sites (tertiary alicyclic amines) is 2. The highest BCUT2D eigenvalue weighted by atomic mass is 35.5. The molecule has 4 amide bonds. The second kappa shape index (κ2) is 30.1. The third-order valence-electron chi connectivity index (χ3n) is 16.9. The molecule has 96 heavy (non-hydrogen) atoms. The molecule has 0 aliphatic carbocycles. The third kappa shape index (κ3) is 20.0. The molecule has 4 saturated heterocycles. The van der Waals surface area contributed by atoms with Crippen LogP contribution in [-0.2, 0) is 82.5 Å². The fourth-order valence-corrected chi connectivity index (χ4v) is 14.0. The highest BCUT2D eigenvalue weighted by molar-refractivity contribution is 7.48. The van der Waals surface area contributed by atoms with Crippen LogP contribution in [-0.4, -0.2) is 108 Å². The molecule has 2 N–H and O–H groups in total. The molecule has 0 radical (unpaired) electrons. The molecule has 0 bridgehead atoms. The average Bonchev–Trinajstić information content (AvgIpc) is 1.29. The van der Waals surface area contributed by atoms with E-state index >= 15 is 0 Å². The second-order valence-corrected chi connectivity index (χ2v) is 28.4. The molecule has 4 aliphatic heterocycles. The molecule has 0 aromatic heterocycles. The number of nitrogens with zero attached hydrogens (tertiary/aromatic N) is 2. The maximum absolute atomic E-state index is 14.1. The topological polar surface area (TPSA) is 180 Å². The summed E-state index contributed by atoms with van der Waals surface area (Å²) in [6.45, 7) is 12.0. The van der Waals surface area contributed by atoms with Crippen LogP contribution in [0.15, 0.2) is 97.1 Å². The fraction of sp³-hybridized carbons (Fsp3) is 0.576. The monoisotopic (exact) mass is 1410 g/mol. The largest absolute Gasteiger partial charge is 0.475 e. The Morgan fingerprint density at radius 1 is 0.521 bits per heavy atom. The van der Waals surface area contributed by atoms with Crippen molar-refractivity contribution in [1.82, 2.24) is 20.4 Å². The lowest BCUT2D eigenvalue weighted by Crippen LogP contribution is -2.65. The van der Waals surface area contributed by atoms with Gasteiger partial charge in [0, 0.05) is 38.2 Å². The van der Waals surface area contributed by atoms with Gasteiger partial charge in [0.1, 0.15) is 0 Å². The van der Waals surface area contributed by atoms with Gasteiger partial charge in [0.15, 0.2) is 0 Å². The molecule has 4 aliphatic rings. The molecule has 4 heterocycles. The number of carbonyl (C=O) groups is 4. The van der Waals surface area contributed by atoms with E-state index in [4.69, 9.17) is 44.1 Å². The van der Waals surface area contributed by atoms with Crippen molar-refractivity contribution in [2.45, 2.75) is 190 Å². The van der Waals surface area contributed by atoms with Gasteiger partial charge in [0.25, 0.3) is 0 Å². The van der Waals surface area contributed by atoms with Gasteiger partial charge in [0.05, 0.1) is 101 Å². The van der Waals surface area contributed by atoms with E-state index in [1.165, 1.54) is 23.6 Å². The van der Waals surface area contributed by atoms with Gasteiger partial charge in [-0.3, -0.25) is 33.0 Å². The van der Waals surface area contributed by atoms with E-state index in [9.17, 15) is 76.4 Å². The molecule has 4 aromatic rings. The van der Waals surface area contributed by atoms with Gasteiger partial charge in [-0.2, -0.15) is 52.7 Å². The number of halogens is 13. The fourth-order valence-electron chi connectivity index (χ4n) is 12.1.